The van der Waals surface area contributed by atoms with Crippen molar-refractivity contribution in [1.82, 2.24) is 5.32 Å². The van der Waals surface area contributed by atoms with Crippen LogP contribution in [0.3, 0.4) is 0 Å². The fourth-order valence-corrected chi connectivity index (χ4v) is 5.95. The fourth-order valence-electron chi connectivity index (χ4n) is 4.95. The molecule has 4 heterocycles. The molecule has 1 aliphatic carbocycles. The molecular weight excluding hydrogens is 426 g/mol. The third kappa shape index (κ3) is 3.95. The summed E-state index contributed by atoms with van der Waals surface area (Å²) in [4.78, 5) is 28.8. The van der Waals surface area contributed by atoms with Gasteiger partial charge in [0.2, 0.25) is 0 Å². The molecule has 0 radical (unpaired) electrons. The molecule has 2 aliphatic heterocycles. The van der Waals surface area contributed by atoms with E-state index in [0.29, 0.717) is 30.6 Å². The van der Waals surface area contributed by atoms with Gasteiger partial charge in [-0.2, -0.15) is 0 Å². The molecule has 3 atom stereocenters. The lowest BCUT2D eigenvalue weighted by molar-refractivity contribution is -0.142. The van der Waals surface area contributed by atoms with Crippen molar-refractivity contribution in [1.29, 1.82) is 0 Å². The molecule has 0 spiro atoms. The SMILES string of the molecule is CC1=C(C(=O)OC[C@@H]2CCCO2)[C@@H](c2ccc(C)s2)C2=C(C[C@@H](c3ccco3)CC2=O)N1. The Labute approximate surface area is 191 Å². The number of aryl methyl sites for hydroxylation is 1. The summed E-state index contributed by atoms with van der Waals surface area (Å²) in [6.45, 7) is 4.88. The molecule has 1 fully saturated rings. The van der Waals surface area contributed by atoms with Gasteiger partial charge in [-0.25, -0.2) is 4.79 Å². The number of allylic oxidation sites excluding steroid dienone is 3. The van der Waals surface area contributed by atoms with Gasteiger partial charge in [0.1, 0.15) is 12.4 Å². The van der Waals surface area contributed by atoms with Crippen LogP contribution in [0.25, 0.3) is 0 Å². The van der Waals surface area contributed by atoms with Crippen LogP contribution in [0.15, 0.2) is 57.5 Å². The molecule has 0 aromatic carbocycles. The summed E-state index contributed by atoms with van der Waals surface area (Å²) in [5, 5.41) is 3.38. The maximum absolute atomic E-state index is 13.4. The monoisotopic (exact) mass is 453 g/mol. The molecule has 1 N–H and O–H groups in total. The Kier molecular flexibility index (Phi) is 5.78. The van der Waals surface area contributed by atoms with Gasteiger partial charge in [0, 0.05) is 45.7 Å². The van der Waals surface area contributed by atoms with Gasteiger partial charge >= 0.3 is 5.97 Å². The van der Waals surface area contributed by atoms with Crippen molar-refractivity contribution in [2.24, 2.45) is 0 Å². The van der Waals surface area contributed by atoms with E-state index in [9.17, 15) is 9.59 Å². The Morgan fingerprint density at radius 3 is 2.81 bits per heavy atom. The molecule has 0 bridgehead atoms. The molecule has 3 aliphatic rings. The van der Waals surface area contributed by atoms with E-state index in [0.717, 1.165) is 39.8 Å². The first-order chi connectivity index (χ1) is 15.5. The molecule has 5 rings (SSSR count). The summed E-state index contributed by atoms with van der Waals surface area (Å²) < 4.78 is 16.9. The van der Waals surface area contributed by atoms with Crippen LogP contribution in [0.1, 0.15) is 60.0 Å². The summed E-state index contributed by atoms with van der Waals surface area (Å²) in [6, 6.07) is 7.82. The highest BCUT2D eigenvalue weighted by molar-refractivity contribution is 7.12. The van der Waals surface area contributed by atoms with Gasteiger partial charge in [-0.05, 0) is 57.4 Å². The number of carbonyl (C=O) groups excluding carboxylic acids is 2. The number of nitrogens with one attached hydrogen (secondary N) is 1. The van der Waals surface area contributed by atoms with Crippen LogP contribution in [0.2, 0.25) is 0 Å². The zero-order valence-electron chi connectivity index (χ0n) is 18.3. The zero-order chi connectivity index (χ0) is 22.2. The van der Waals surface area contributed by atoms with Gasteiger partial charge in [-0.15, -0.1) is 11.3 Å². The smallest absolute Gasteiger partial charge is 0.336 e. The van der Waals surface area contributed by atoms with Crippen LogP contribution in [-0.4, -0.2) is 31.1 Å². The predicted molar refractivity (Wildman–Crippen MR) is 120 cm³/mol. The van der Waals surface area contributed by atoms with E-state index in [2.05, 4.69) is 5.32 Å². The second kappa shape index (κ2) is 8.71. The lowest BCUT2D eigenvalue weighted by atomic mass is 9.74. The minimum atomic E-state index is -0.410. The summed E-state index contributed by atoms with van der Waals surface area (Å²) in [5.74, 6) is 0.0723. The van der Waals surface area contributed by atoms with E-state index < -0.39 is 5.92 Å². The molecule has 0 unspecified atom stereocenters. The van der Waals surface area contributed by atoms with Crippen molar-refractivity contribution < 1.29 is 23.5 Å². The summed E-state index contributed by atoms with van der Waals surface area (Å²) in [6.07, 6.45) is 4.53. The highest BCUT2D eigenvalue weighted by Crippen LogP contribution is 2.47. The second-order valence-electron chi connectivity index (χ2n) is 8.71. The average Bonchev–Trinajstić information content (AvgIpc) is 3.53. The second-order valence-corrected chi connectivity index (χ2v) is 10.0. The minimum absolute atomic E-state index is 0.00436. The standard InChI is InChI=1S/C25H27NO5S/c1-14-7-8-21(32-14)24-22(25(28)31-13-17-5-3-9-29-17)15(2)26-18-11-16(12-19(27)23(18)24)20-6-4-10-30-20/h4,6-8,10,16-17,24,26H,3,5,9,11-13H2,1-2H3/t16-,17+,24-/m1/s1. The molecule has 0 saturated carbocycles. The highest BCUT2D eigenvalue weighted by Gasteiger charge is 2.42. The molecule has 2 aromatic rings. The number of furan rings is 1. The summed E-state index contributed by atoms with van der Waals surface area (Å²) >= 11 is 1.62. The summed E-state index contributed by atoms with van der Waals surface area (Å²) in [5.41, 5.74) is 2.83. The van der Waals surface area contributed by atoms with Crippen molar-refractivity contribution in [3.05, 3.63) is 68.6 Å². The van der Waals surface area contributed by atoms with Crippen molar-refractivity contribution in [2.75, 3.05) is 13.2 Å². The van der Waals surface area contributed by atoms with Crippen LogP contribution in [0.4, 0.5) is 0 Å². The number of thiophene rings is 1. The Morgan fingerprint density at radius 1 is 1.25 bits per heavy atom. The number of Topliss-reactive ketones (excluding diaryl/α,β-unsaturated/α-hetero) is 1. The average molecular weight is 454 g/mol. The normalized spacial score (nSPS) is 25.7. The molecule has 1 saturated heterocycles. The maximum Gasteiger partial charge on any atom is 0.336 e. The number of carbonyl (C=O) groups is 2. The van der Waals surface area contributed by atoms with E-state index in [-0.39, 0.29) is 30.4 Å². The molecule has 6 nitrogen and oxygen atoms in total. The number of hydrogen-bond donors (Lipinski definition) is 1. The summed E-state index contributed by atoms with van der Waals surface area (Å²) in [7, 11) is 0. The third-order valence-corrected chi connectivity index (χ3v) is 7.53. The molecule has 168 valence electrons. The first kappa shape index (κ1) is 21.2. The van der Waals surface area contributed by atoms with Crippen LogP contribution in [0, 0.1) is 6.92 Å². The highest BCUT2D eigenvalue weighted by atomic mass is 32.1. The van der Waals surface area contributed by atoms with Gasteiger partial charge in [0.25, 0.3) is 0 Å². The van der Waals surface area contributed by atoms with E-state index in [1.165, 1.54) is 0 Å². The van der Waals surface area contributed by atoms with E-state index in [1.54, 1.807) is 17.6 Å². The number of hydrogen-bond acceptors (Lipinski definition) is 7. The molecule has 0 amide bonds. The van der Waals surface area contributed by atoms with Gasteiger partial charge < -0.3 is 19.2 Å². The number of ketones is 1. The quantitative estimate of drug-likeness (QED) is 0.660. The Hall–Kier alpha value is -2.64. The number of rotatable bonds is 5. The third-order valence-electron chi connectivity index (χ3n) is 6.46. The first-order valence-corrected chi connectivity index (χ1v) is 12.0. The van der Waals surface area contributed by atoms with Crippen molar-refractivity contribution in [3.63, 3.8) is 0 Å². The lowest BCUT2D eigenvalue weighted by Crippen LogP contribution is -2.36. The number of ether oxygens (including phenoxy) is 2. The van der Waals surface area contributed by atoms with Crippen LogP contribution in [-0.2, 0) is 19.1 Å². The maximum atomic E-state index is 13.4. The first-order valence-electron chi connectivity index (χ1n) is 11.1. The van der Waals surface area contributed by atoms with Gasteiger partial charge in [0.15, 0.2) is 5.78 Å². The number of esters is 1. The van der Waals surface area contributed by atoms with Crippen molar-refractivity contribution >= 4 is 23.1 Å². The van der Waals surface area contributed by atoms with Gasteiger partial charge in [-0.3, -0.25) is 4.79 Å². The molecular formula is C25H27NO5S. The van der Waals surface area contributed by atoms with Crippen LogP contribution in [0.5, 0.6) is 0 Å². The molecule has 7 heteroatoms. The van der Waals surface area contributed by atoms with Crippen molar-refractivity contribution in [2.45, 2.75) is 57.5 Å². The minimum Gasteiger partial charge on any atom is -0.469 e. The van der Waals surface area contributed by atoms with Gasteiger partial charge in [0.05, 0.1) is 23.9 Å². The molecule has 32 heavy (non-hydrogen) atoms. The number of dihydropyridines is 1. The van der Waals surface area contributed by atoms with E-state index in [1.807, 2.05) is 38.1 Å². The Balaban J connectivity index is 1.48. The Morgan fingerprint density at radius 2 is 2.12 bits per heavy atom. The van der Waals surface area contributed by atoms with Crippen LogP contribution >= 0.6 is 11.3 Å². The predicted octanol–water partition coefficient (Wildman–Crippen LogP) is 4.73. The van der Waals surface area contributed by atoms with Crippen molar-refractivity contribution in [3.8, 4) is 0 Å². The van der Waals surface area contributed by atoms with E-state index in [4.69, 9.17) is 13.9 Å². The molecule has 2 aromatic heterocycles. The van der Waals surface area contributed by atoms with E-state index >= 15 is 0 Å². The fraction of sp³-hybridized carbons (Fsp3) is 0.440. The largest absolute Gasteiger partial charge is 0.469 e. The lowest BCUT2D eigenvalue weighted by Gasteiger charge is -2.35. The van der Waals surface area contributed by atoms with Gasteiger partial charge in [-0.1, -0.05) is 0 Å². The Bertz CT molecular complexity index is 1090. The topological polar surface area (TPSA) is 77.8 Å². The van der Waals surface area contributed by atoms with Crippen LogP contribution < -0.4 is 5.32 Å². The zero-order valence-corrected chi connectivity index (χ0v) is 19.1.